The van der Waals surface area contributed by atoms with E-state index in [2.05, 4.69) is 10.3 Å². The molecule has 29 heavy (non-hydrogen) atoms. The van der Waals surface area contributed by atoms with Gasteiger partial charge in [-0.15, -0.1) is 0 Å². The van der Waals surface area contributed by atoms with Gasteiger partial charge in [-0.3, -0.25) is 4.79 Å². The van der Waals surface area contributed by atoms with Gasteiger partial charge in [0.05, 0.1) is 13.7 Å². The van der Waals surface area contributed by atoms with Crippen LogP contribution in [0.3, 0.4) is 0 Å². The lowest BCUT2D eigenvalue weighted by Gasteiger charge is -2.25. The van der Waals surface area contributed by atoms with Crippen LogP contribution in [-0.2, 0) is 6.54 Å². The van der Waals surface area contributed by atoms with E-state index in [9.17, 15) is 9.90 Å². The first-order valence-corrected chi connectivity index (χ1v) is 9.84. The molecule has 0 unspecified atom stereocenters. The van der Waals surface area contributed by atoms with Crippen molar-refractivity contribution in [2.75, 3.05) is 25.6 Å². The fourth-order valence-corrected chi connectivity index (χ4v) is 3.37. The molecule has 1 aromatic heterocycles. The quantitative estimate of drug-likeness (QED) is 0.517. The first kappa shape index (κ1) is 20.8. The molecule has 0 amide bonds. The molecule has 0 atom stereocenters. The Morgan fingerprint density at radius 2 is 2.07 bits per heavy atom. The summed E-state index contributed by atoms with van der Waals surface area (Å²) in [6, 6.07) is 15.3. The average Bonchev–Trinajstić information content (AvgIpc) is 2.71. The highest BCUT2D eigenvalue weighted by Gasteiger charge is 2.14. The van der Waals surface area contributed by atoms with Gasteiger partial charge in [0, 0.05) is 36.0 Å². The summed E-state index contributed by atoms with van der Waals surface area (Å²) in [6.07, 6.45) is 0.546. The van der Waals surface area contributed by atoms with Gasteiger partial charge in [0.1, 0.15) is 5.75 Å². The Morgan fingerprint density at radius 1 is 1.24 bits per heavy atom. The van der Waals surface area contributed by atoms with Crippen molar-refractivity contribution < 1.29 is 9.84 Å². The number of aromatic nitrogens is 1. The molecule has 0 aliphatic heterocycles. The number of anilines is 1. The number of nitrogens with one attached hydrogen (secondary N) is 2. The second-order valence-corrected chi connectivity index (χ2v) is 7.26. The summed E-state index contributed by atoms with van der Waals surface area (Å²) < 4.78 is 5.25. The van der Waals surface area contributed by atoms with Gasteiger partial charge in [0.15, 0.2) is 5.11 Å². The number of hydrogen-bond acceptors (Lipinski definition) is 4. The molecular weight excluding hydrogens is 386 g/mol. The molecule has 0 spiro atoms. The van der Waals surface area contributed by atoms with E-state index in [1.165, 1.54) is 0 Å². The van der Waals surface area contributed by atoms with Crippen molar-refractivity contribution in [3.8, 4) is 5.75 Å². The van der Waals surface area contributed by atoms with Gasteiger partial charge in [0.25, 0.3) is 5.56 Å². The number of nitrogens with zero attached hydrogens (tertiary/aromatic N) is 1. The number of benzene rings is 2. The predicted octanol–water partition coefficient (Wildman–Crippen LogP) is 3.43. The molecule has 0 saturated heterocycles. The molecule has 3 N–H and O–H groups in total. The van der Waals surface area contributed by atoms with Gasteiger partial charge in [-0.05, 0) is 60.8 Å². The predicted molar refractivity (Wildman–Crippen MR) is 121 cm³/mol. The molecular formula is C22H25N3O3S. The van der Waals surface area contributed by atoms with Crippen molar-refractivity contribution in [2.45, 2.75) is 19.9 Å². The van der Waals surface area contributed by atoms with E-state index in [1.807, 2.05) is 60.4 Å². The fourth-order valence-electron chi connectivity index (χ4n) is 3.10. The molecule has 0 saturated carbocycles. The summed E-state index contributed by atoms with van der Waals surface area (Å²) in [5.41, 5.74) is 3.19. The smallest absolute Gasteiger partial charge is 0.253 e. The van der Waals surface area contributed by atoms with Gasteiger partial charge in [-0.25, -0.2) is 0 Å². The monoisotopic (exact) mass is 411 g/mol. The molecule has 3 aromatic rings. The highest BCUT2D eigenvalue weighted by molar-refractivity contribution is 7.80. The summed E-state index contributed by atoms with van der Waals surface area (Å²) in [6.45, 7) is 2.91. The van der Waals surface area contributed by atoms with Crippen molar-refractivity contribution in [1.29, 1.82) is 0 Å². The summed E-state index contributed by atoms with van der Waals surface area (Å²) in [4.78, 5) is 17.4. The van der Waals surface area contributed by atoms with Crippen LogP contribution in [0, 0.1) is 6.92 Å². The zero-order valence-electron chi connectivity index (χ0n) is 16.6. The number of thiocarbonyl (C=S) groups is 1. The maximum atomic E-state index is 12.6. The number of aliphatic hydroxyl groups excluding tert-OH is 1. The van der Waals surface area contributed by atoms with Crippen molar-refractivity contribution >= 4 is 33.9 Å². The summed E-state index contributed by atoms with van der Waals surface area (Å²) >= 11 is 5.59. The number of hydrogen-bond donors (Lipinski definition) is 3. The first-order chi connectivity index (χ1) is 14.0. The van der Waals surface area contributed by atoms with Crippen molar-refractivity contribution in [1.82, 2.24) is 9.88 Å². The Kier molecular flexibility index (Phi) is 6.85. The van der Waals surface area contributed by atoms with E-state index in [-0.39, 0.29) is 12.2 Å². The largest absolute Gasteiger partial charge is 0.497 e. The van der Waals surface area contributed by atoms with Gasteiger partial charge in [-0.1, -0.05) is 18.2 Å². The molecule has 0 fully saturated rings. The number of aryl methyl sites for hydroxylation is 1. The topological polar surface area (TPSA) is 77.6 Å². The number of aromatic amines is 1. The van der Waals surface area contributed by atoms with Crippen LogP contribution < -0.4 is 15.6 Å². The van der Waals surface area contributed by atoms with Crippen LogP contribution in [0.4, 0.5) is 5.69 Å². The summed E-state index contributed by atoms with van der Waals surface area (Å²) in [7, 11) is 1.61. The van der Waals surface area contributed by atoms with Crippen molar-refractivity contribution in [3.63, 3.8) is 0 Å². The second-order valence-electron chi connectivity index (χ2n) is 6.88. The third-order valence-corrected chi connectivity index (χ3v) is 4.99. The average molecular weight is 412 g/mol. The van der Waals surface area contributed by atoms with E-state index in [1.54, 1.807) is 7.11 Å². The third kappa shape index (κ3) is 5.34. The minimum Gasteiger partial charge on any atom is -0.497 e. The number of rotatable bonds is 7. The van der Waals surface area contributed by atoms with Crippen molar-refractivity contribution in [3.05, 3.63) is 70.0 Å². The SMILES string of the molecule is COc1cccc(NC(=S)N(CCCO)Cc2cc3ccc(C)cc3[nH]c2=O)c1. The Bertz CT molecular complexity index is 1060. The number of pyridine rings is 1. The minimum atomic E-state index is -0.138. The zero-order chi connectivity index (χ0) is 20.8. The lowest BCUT2D eigenvalue weighted by atomic mass is 10.1. The lowest BCUT2D eigenvalue weighted by molar-refractivity contribution is 0.266. The van der Waals surface area contributed by atoms with Crippen LogP contribution in [0.5, 0.6) is 5.75 Å². The van der Waals surface area contributed by atoms with E-state index in [0.29, 0.717) is 30.2 Å². The number of methoxy groups -OCH3 is 1. The van der Waals surface area contributed by atoms with Gasteiger partial charge >= 0.3 is 0 Å². The van der Waals surface area contributed by atoms with E-state index < -0.39 is 0 Å². The van der Waals surface area contributed by atoms with Crippen LogP contribution in [0.2, 0.25) is 0 Å². The van der Waals surface area contributed by atoms with E-state index in [0.717, 1.165) is 27.9 Å². The number of ether oxygens (including phenoxy) is 1. The maximum absolute atomic E-state index is 12.6. The highest BCUT2D eigenvalue weighted by Crippen LogP contribution is 2.18. The van der Waals surface area contributed by atoms with Crippen LogP contribution in [-0.4, -0.2) is 40.4 Å². The molecule has 7 heteroatoms. The molecule has 0 bridgehead atoms. The molecule has 152 valence electrons. The summed E-state index contributed by atoms with van der Waals surface area (Å²) in [5.74, 6) is 0.723. The van der Waals surface area contributed by atoms with Crippen LogP contribution >= 0.6 is 12.2 Å². The van der Waals surface area contributed by atoms with Crippen LogP contribution in [0.25, 0.3) is 10.9 Å². The third-order valence-electron chi connectivity index (χ3n) is 4.63. The van der Waals surface area contributed by atoms with Crippen LogP contribution in [0.15, 0.2) is 53.3 Å². The standard InChI is InChI=1S/C22H25N3O3S/c1-15-7-8-16-12-17(21(27)24-20(16)11-15)14-25(9-4-10-26)22(29)23-18-5-3-6-19(13-18)28-2/h3,5-8,11-13,26H,4,9-10,14H2,1-2H3,(H,23,29)(H,24,27). The van der Waals surface area contributed by atoms with Crippen LogP contribution in [0.1, 0.15) is 17.5 Å². The van der Waals surface area contributed by atoms with Gasteiger partial charge < -0.3 is 25.0 Å². The van der Waals surface area contributed by atoms with E-state index in [4.69, 9.17) is 17.0 Å². The minimum absolute atomic E-state index is 0.0472. The Labute approximate surface area is 175 Å². The Morgan fingerprint density at radius 3 is 2.83 bits per heavy atom. The molecule has 0 aliphatic rings. The Balaban J connectivity index is 1.83. The Hall–Kier alpha value is -2.90. The first-order valence-electron chi connectivity index (χ1n) is 9.43. The molecule has 6 nitrogen and oxygen atoms in total. The fraction of sp³-hybridized carbons (Fsp3) is 0.273. The normalized spacial score (nSPS) is 10.7. The number of fused-ring (bicyclic) bond motifs is 1. The second kappa shape index (κ2) is 9.54. The summed E-state index contributed by atoms with van der Waals surface area (Å²) in [5, 5.41) is 13.9. The van der Waals surface area contributed by atoms with Gasteiger partial charge in [-0.2, -0.15) is 0 Å². The molecule has 3 rings (SSSR count). The molecule has 1 heterocycles. The zero-order valence-corrected chi connectivity index (χ0v) is 17.4. The number of aliphatic hydroxyl groups is 1. The molecule has 0 radical (unpaired) electrons. The number of H-pyrrole nitrogens is 1. The van der Waals surface area contributed by atoms with E-state index >= 15 is 0 Å². The highest BCUT2D eigenvalue weighted by atomic mass is 32.1. The van der Waals surface area contributed by atoms with Gasteiger partial charge in [0.2, 0.25) is 0 Å². The molecule has 2 aromatic carbocycles. The maximum Gasteiger partial charge on any atom is 0.253 e. The van der Waals surface area contributed by atoms with Crippen molar-refractivity contribution in [2.24, 2.45) is 0 Å². The lowest BCUT2D eigenvalue weighted by Crippen LogP contribution is -2.37. The molecule has 0 aliphatic carbocycles.